The van der Waals surface area contributed by atoms with Crippen molar-refractivity contribution in [2.45, 2.75) is 51.6 Å². The normalized spacial score (nSPS) is 12.1. The van der Waals surface area contributed by atoms with E-state index in [1.807, 2.05) is 13.1 Å². The van der Waals surface area contributed by atoms with Crippen LogP contribution in [0.3, 0.4) is 0 Å². The standard InChI is InChI=1S/C11H25NO3Si3/c1-7-11(13)9-8-10-16(12)14-18(5,6)15-17(2,3)4/h7,12H,1,8-10H2,2-6H3. The number of nitrogens with one attached hydrogen (secondary N) is 1. The molecule has 0 spiro atoms. The lowest BCUT2D eigenvalue weighted by Crippen LogP contribution is -2.46. The predicted molar refractivity (Wildman–Crippen MR) is 80.7 cm³/mol. The minimum absolute atomic E-state index is 0.0413. The van der Waals surface area contributed by atoms with Gasteiger partial charge in [-0.1, -0.05) is 6.58 Å². The van der Waals surface area contributed by atoms with Gasteiger partial charge in [-0.25, -0.2) is 0 Å². The fourth-order valence-corrected chi connectivity index (χ4v) is 11.4. The number of carbonyl (C=O) groups is 1. The average molecular weight is 304 g/mol. The molecule has 0 radical (unpaired) electrons. The number of ketones is 1. The van der Waals surface area contributed by atoms with Gasteiger partial charge < -0.3 is 13.3 Å². The van der Waals surface area contributed by atoms with Gasteiger partial charge in [-0.15, -0.1) is 0 Å². The Morgan fingerprint density at radius 3 is 2.33 bits per heavy atom. The fraction of sp³-hybridized carbons (Fsp3) is 0.727. The highest BCUT2D eigenvalue weighted by Gasteiger charge is 2.33. The van der Waals surface area contributed by atoms with Crippen molar-refractivity contribution in [1.29, 1.82) is 5.05 Å². The van der Waals surface area contributed by atoms with Crippen LogP contribution in [0.1, 0.15) is 12.8 Å². The third kappa shape index (κ3) is 9.63. The summed E-state index contributed by atoms with van der Waals surface area (Å²) in [6.45, 7) is 13.8. The van der Waals surface area contributed by atoms with Crippen molar-refractivity contribution in [2.24, 2.45) is 0 Å². The second-order valence-corrected chi connectivity index (χ2v) is 15.7. The second kappa shape index (κ2) is 7.27. The van der Waals surface area contributed by atoms with Crippen LogP contribution in [0.5, 0.6) is 0 Å². The van der Waals surface area contributed by atoms with Crippen LogP contribution < -0.4 is 0 Å². The van der Waals surface area contributed by atoms with E-state index in [-0.39, 0.29) is 5.78 Å². The molecule has 0 rings (SSSR count). The molecule has 0 saturated carbocycles. The Labute approximate surface area is 114 Å². The number of hydrogen-bond acceptors (Lipinski definition) is 4. The van der Waals surface area contributed by atoms with Gasteiger partial charge in [0.25, 0.3) is 0 Å². The molecule has 0 aliphatic heterocycles. The SMILES string of the molecule is C=CC(=O)CCC[Si](=N)O[Si](C)(C)O[Si](C)(C)C. The average Bonchev–Trinajstić information content (AvgIpc) is 2.12. The first-order valence-electron chi connectivity index (χ1n) is 6.17. The minimum Gasteiger partial charge on any atom is -0.574 e. The van der Waals surface area contributed by atoms with E-state index < -0.39 is 25.7 Å². The third-order valence-electron chi connectivity index (χ3n) is 1.98. The largest absolute Gasteiger partial charge is 0.574 e. The first-order valence-corrected chi connectivity index (χ1v) is 14.0. The van der Waals surface area contributed by atoms with Crippen molar-refractivity contribution in [2.75, 3.05) is 0 Å². The first-order chi connectivity index (χ1) is 8.06. The molecule has 0 aromatic carbocycles. The quantitative estimate of drug-likeness (QED) is 0.524. The molecule has 0 atom stereocenters. The van der Waals surface area contributed by atoms with Gasteiger partial charge in [0.2, 0.25) is 0 Å². The maximum absolute atomic E-state index is 11.0. The van der Waals surface area contributed by atoms with E-state index in [1.54, 1.807) is 0 Å². The molecular formula is C11H25NO3Si3. The van der Waals surface area contributed by atoms with Crippen LogP contribution in [0.15, 0.2) is 12.7 Å². The van der Waals surface area contributed by atoms with Crippen LogP contribution in [0.4, 0.5) is 0 Å². The van der Waals surface area contributed by atoms with Gasteiger partial charge in [0.05, 0.1) is 0 Å². The van der Waals surface area contributed by atoms with Crippen LogP contribution >= 0.6 is 0 Å². The summed E-state index contributed by atoms with van der Waals surface area (Å²) in [4.78, 5) is 11.0. The van der Waals surface area contributed by atoms with Gasteiger partial charge in [-0.2, -0.15) is 0 Å². The van der Waals surface area contributed by atoms with E-state index in [0.717, 1.165) is 0 Å². The molecule has 0 unspecified atom stereocenters. The van der Waals surface area contributed by atoms with Crippen LogP contribution in [0, 0.1) is 5.05 Å². The van der Waals surface area contributed by atoms with Crippen molar-refractivity contribution in [3.05, 3.63) is 12.7 Å². The molecule has 7 heteroatoms. The van der Waals surface area contributed by atoms with Crippen molar-refractivity contribution >= 4 is 31.5 Å². The zero-order chi connectivity index (χ0) is 14.4. The fourth-order valence-electron chi connectivity index (χ4n) is 1.63. The van der Waals surface area contributed by atoms with Gasteiger partial charge in [0, 0.05) is 12.5 Å². The van der Waals surface area contributed by atoms with Crippen molar-refractivity contribution in [3.8, 4) is 0 Å². The van der Waals surface area contributed by atoms with Crippen LogP contribution in [-0.4, -0.2) is 31.5 Å². The Bertz CT molecular complexity index is 324. The van der Waals surface area contributed by atoms with Gasteiger partial charge in [0.15, 0.2) is 14.1 Å². The molecule has 0 aromatic rings. The molecule has 4 nitrogen and oxygen atoms in total. The zero-order valence-corrected chi connectivity index (χ0v) is 15.1. The maximum Gasteiger partial charge on any atom is 0.368 e. The van der Waals surface area contributed by atoms with Crippen molar-refractivity contribution < 1.29 is 13.0 Å². The molecule has 0 fully saturated rings. The summed E-state index contributed by atoms with van der Waals surface area (Å²) < 4.78 is 11.8. The molecule has 0 aliphatic carbocycles. The molecule has 0 amide bonds. The van der Waals surface area contributed by atoms with Gasteiger partial charge >= 0.3 is 17.4 Å². The van der Waals surface area contributed by atoms with E-state index in [0.29, 0.717) is 18.9 Å². The number of rotatable bonds is 9. The molecule has 1 N–H and O–H groups in total. The Morgan fingerprint density at radius 1 is 1.33 bits per heavy atom. The van der Waals surface area contributed by atoms with Crippen LogP contribution in [0.2, 0.25) is 38.8 Å². The molecule has 0 saturated heterocycles. The monoisotopic (exact) mass is 303 g/mol. The number of hydrogen-bond donors (Lipinski definition) is 1. The van der Waals surface area contributed by atoms with E-state index in [9.17, 15) is 4.79 Å². The molecule has 0 bridgehead atoms. The van der Waals surface area contributed by atoms with Gasteiger partial charge in [-0.05, 0) is 45.2 Å². The second-order valence-electron chi connectivity index (χ2n) is 5.66. The van der Waals surface area contributed by atoms with Gasteiger partial charge in [0.1, 0.15) is 0 Å². The number of carbonyl (C=O) groups excluding carboxylic acids is 1. The lowest BCUT2D eigenvalue weighted by Gasteiger charge is -2.31. The molecule has 104 valence electrons. The Morgan fingerprint density at radius 2 is 1.89 bits per heavy atom. The van der Waals surface area contributed by atoms with E-state index in [4.69, 9.17) is 13.3 Å². The topological polar surface area (TPSA) is 59.4 Å². The van der Waals surface area contributed by atoms with E-state index in [2.05, 4.69) is 26.2 Å². The maximum atomic E-state index is 11.0. The summed E-state index contributed by atoms with van der Waals surface area (Å²) >= 11 is 0. The highest BCUT2D eigenvalue weighted by Crippen LogP contribution is 2.16. The summed E-state index contributed by atoms with van der Waals surface area (Å²) in [5.41, 5.74) is 0. The van der Waals surface area contributed by atoms with Crippen molar-refractivity contribution in [1.82, 2.24) is 0 Å². The summed E-state index contributed by atoms with van der Waals surface area (Å²) in [5, 5.41) is 7.95. The Hall–Kier alpha value is -0.379. The summed E-state index contributed by atoms with van der Waals surface area (Å²) in [6.07, 6.45) is 2.51. The lowest BCUT2D eigenvalue weighted by molar-refractivity contribution is -0.114. The smallest absolute Gasteiger partial charge is 0.368 e. The molecule has 0 heterocycles. The minimum atomic E-state index is -2.17. The predicted octanol–water partition coefficient (Wildman–Crippen LogP) is 3.43. The molecule has 18 heavy (non-hydrogen) atoms. The zero-order valence-electron chi connectivity index (χ0n) is 12.1. The van der Waals surface area contributed by atoms with Crippen LogP contribution in [-0.2, 0) is 13.0 Å². The third-order valence-corrected chi connectivity index (χ3v) is 10.2. The summed E-state index contributed by atoms with van der Waals surface area (Å²) in [7, 11) is -5.38. The Kier molecular flexibility index (Phi) is 7.12. The first kappa shape index (κ1) is 17.6. The Balaban J connectivity index is 4.07. The highest BCUT2D eigenvalue weighted by molar-refractivity contribution is 6.83. The highest BCUT2D eigenvalue weighted by atomic mass is 28.5. The summed E-state index contributed by atoms with van der Waals surface area (Å²) in [6, 6.07) is 0.662. The number of allylic oxidation sites excluding steroid dienone is 1. The van der Waals surface area contributed by atoms with E-state index >= 15 is 0 Å². The summed E-state index contributed by atoms with van der Waals surface area (Å²) in [5.74, 6) is 0.0413. The van der Waals surface area contributed by atoms with Gasteiger partial charge in [-0.3, -0.25) is 4.79 Å². The molecule has 0 aliphatic rings. The molecular weight excluding hydrogens is 278 g/mol. The van der Waals surface area contributed by atoms with Crippen molar-refractivity contribution in [3.63, 3.8) is 0 Å². The van der Waals surface area contributed by atoms with E-state index in [1.165, 1.54) is 6.08 Å². The molecule has 0 aromatic heterocycles. The lowest BCUT2D eigenvalue weighted by atomic mass is 10.2. The van der Waals surface area contributed by atoms with Crippen LogP contribution in [0.25, 0.3) is 0 Å².